The summed E-state index contributed by atoms with van der Waals surface area (Å²) in [5.74, 6) is 0.781. The van der Waals surface area contributed by atoms with Gasteiger partial charge in [0.05, 0.1) is 7.11 Å². The van der Waals surface area contributed by atoms with Gasteiger partial charge in [-0.25, -0.2) is 0 Å². The van der Waals surface area contributed by atoms with E-state index < -0.39 is 0 Å². The summed E-state index contributed by atoms with van der Waals surface area (Å²) in [6.07, 6.45) is 7.49. The van der Waals surface area contributed by atoms with Crippen LogP contribution in [0.15, 0.2) is 30.9 Å². The van der Waals surface area contributed by atoms with Crippen LogP contribution in [0.25, 0.3) is 0 Å². The Morgan fingerprint density at radius 3 is 2.83 bits per heavy atom. The molecule has 0 radical (unpaired) electrons. The summed E-state index contributed by atoms with van der Waals surface area (Å²) in [7, 11) is 1.64. The van der Waals surface area contributed by atoms with Crippen LogP contribution in [-0.2, 0) is 6.42 Å². The Morgan fingerprint density at radius 1 is 1.35 bits per heavy atom. The molecule has 126 valence electrons. The lowest BCUT2D eigenvalue weighted by Crippen LogP contribution is -2.33. The molecule has 0 spiro atoms. The average molecular weight is 316 g/mol. The minimum Gasteiger partial charge on any atom is -0.496 e. The second-order valence-corrected chi connectivity index (χ2v) is 6.03. The second-order valence-electron chi connectivity index (χ2n) is 6.03. The number of rotatable bonds is 8. The lowest BCUT2D eigenvalue weighted by molar-refractivity contribution is 0.0951. The molecule has 0 atom stereocenters. The van der Waals surface area contributed by atoms with E-state index in [9.17, 15) is 4.79 Å². The highest BCUT2D eigenvalue weighted by molar-refractivity contribution is 5.94. The first kappa shape index (κ1) is 17.5. The second kappa shape index (κ2) is 9.36. The van der Waals surface area contributed by atoms with E-state index in [1.807, 2.05) is 24.3 Å². The van der Waals surface area contributed by atoms with Gasteiger partial charge in [0, 0.05) is 12.1 Å². The van der Waals surface area contributed by atoms with E-state index in [2.05, 4.69) is 16.8 Å². The first-order valence-electron chi connectivity index (χ1n) is 8.53. The minimum absolute atomic E-state index is 0.0170. The summed E-state index contributed by atoms with van der Waals surface area (Å²) in [5, 5.41) is 3.01. The molecule has 4 nitrogen and oxygen atoms in total. The van der Waals surface area contributed by atoms with Crippen molar-refractivity contribution in [3.05, 3.63) is 42.0 Å². The molecule has 0 unspecified atom stereocenters. The normalized spacial score (nSPS) is 15.2. The summed E-state index contributed by atoms with van der Waals surface area (Å²) in [4.78, 5) is 14.8. The Balaban J connectivity index is 1.80. The predicted octanol–water partition coefficient (Wildman–Crippen LogP) is 3.03. The third kappa shape index (κ3) is 5.39. The van der Waals surface area contributed by atoms with Gasteiger partial charge in [0.15, 0.2) is 0 Å². The fraction of sp³-hybridized carbons (Fsp3) is 0.526. The Morgan fingerprint density at radius 2 is 2.13 bits per heavy atom. The van der Waals surface area contributed by atoms with Gasteiger partial charge in [0.2, 0.25) is 0 Å². The van der Waals surface area contributed by atoms with Crippen LogP contribution in [0.5, 0.6) is 5.75 Å². The van der Waals surface area contributed by atoms with E-state index in [1.165, 1.54) is 32.4 Å². The molecule has 1 saturated heterocycles. The highest BCUT2D eigenvalue weighted by atomic mass is 16.5. The Bertz CT molecular complexity index is 522. The topological polar surface area (TPSA) is 41.6 Å². The number of ether oxygens (including phenoxy) is 1. The zero-order chi connectivity index (χ0) is 16.5. The molecule has 1 aliphatic heterocycles. The van der Waals surface area contributed by atoms with Gasteiger partial charge in [-0.2, -0.15) is 0 Å². The number of nitrogens with one attached hydrogen (secondary N) is 1. The smallest absolute Gasteiger partial charge is 0.251 e. The van der Waals surface area contributed by atoms with Crippen molar-refractivity contribution in [2.45, 2.75) is 32.1 Å². The fourth-order valence-electron chi connectivity index (χ4n) is 3.02. The van der Waals surface area contributed by atoms with E-state index in [0.717, 1.165) is 30.8 Å². The molecule has 1 heterocycles. The Hall–Kier alpha value is -1.81. The van der Waals surface area contributed by atoms with Gasteiger partial charge in [-0.1, -0.05) is 12.5 Å². The Kier molecular flexibility index (Phi) is 7.14. The van der Waals surface area contributed by atoms with Crippen molar-refractivity contribution in [3.8, 4) is 5.75 Å². The third-order valence-corrected chi connectivity index (χ3v) is 4.29. The molecular formula is C19H28N2O2. The standard InChI is InChI=1S/C19H28N2O2/c1-3-8-16-15-17(9-10-18(16)23-2)19(22)20-11-7-14-21-12-5-4-6-13-21/h3,9-10,15H,1,4-8,11-14H2,2H3,(H,20,22). The maximum Gasteiger partial charge on any atom is 0.251 e. The molecule has 0 saturated carbocycles. The molecule has 1 aromatic rings. The maximum absolute atomic E-state index is 12.3. The molecule has 4 heteroatoms. The van der Waals surface area contributed by atoms with Gasteiger partial charge in [-0.3, -0.25) is 4.79 Å². The monoisotopic (exact) mass is 316 g/mol. The zero-order valence-electron chi connectivity index (χ0n) is 14.1. The molecule has 2 rings (SSSR count). The van der Waals surface area contributed by atoms with Crippen molar-refractivity contribution < 1.29 is 9.53 Å². The van der Waals surface area contributed by atoms with Crippen LogP contribution in [0, 0.1) is 0 Å². The number of allylic oxidation sites excluding steroid dienone is 1. The number of methoxy groups -OCH3 is 1. The van der Waals surface area contributed by atoms with E-state index >= 15 is 0 Å². The van der Waals surface area contributed by atoms with Crippen LogP contribution in [0.1, 0.15) is 41.6 Å². The molecule has 0 bridgehead atoms. The number of carbonyl (C=O) groups is 1. The third-order valence-electron chi connectivity index (χ3n) is 4.29. The van der Waals surface area contributed by atoms with Gasteiger partial charge in [-0.15, -0.1) is 6.58 Å². The molecule has 0 aliphatic carbocycles. The van der Waals surface area contributed by atoms with Crippen LogP contribution in [0.4, 0.5) is 0 Å². The molecule has 0 aromatic heterocycles. The van der Waals surface area contributed by atoms with E-state index in [1.54, 1.807) is 7.11 Å². The molecule has 1 aliphatic rings. The van der Waals surface area contributed by atoms with Gasteiger partial charge < -0.3 is 15.0 Å². The summed E-state index contributed by atoms with van der Waals surface area (Å²) in [6.45, 7) is 7.96. The number of hydrogen-bond donors (Lipinski definition) is 1. The highest BCUT2D eigenvalue weighted by Crippen LogP contribution is 2.20. The minimum atomic E-state index is -0.0170. The molecule has 1 amide bonds. The van der Waals surface area contributed by atoms with Crippen molar-refractivity contribution in [2.24, 2.45) is 0 Å². The largest absolute Gasteiger partial charge is 0.496 e. The van der Waals surface area contributed by atoms with E-state index in [0.29, 0.717) is 12.0 Å². The number of hydrogen-bond acceptors (Lipinski definition) is 3. The summed E-state index contributed by atoms with van der Waals surface area (Å²) in [5.41, 5.74) is 1.67. The number of benzene rings is 1. The quantitative estimate of drug-likeness (QED) is 0.592. The van der Waals surface area contributed by atoms with E-state index in [4.69, 9.17) is 4.74 Å². The highest BCUT2D eigenvalue weighted by Gasteiger charge is 2.11. The maximum atomic E-state index is 12.3. The number of likely N-dealkylation sites (tertiary alicyclic amines) is 1. The average Bonchev–Trinajstić information content (AvgIpc) is 2.59. The number of nitrogens with zero attached hydrogens (tertiary/aromatic N) is 1. The Labute approximate surface area is 139 Å². The van der Waals surface area contributed by atoms with Gasteiger partial charge in [0.25, 0.3) is 5.91 Å². The predicted molar refractivity (Wildman–Crippen MR) is 94.1 cm³/mol. The summed E-state index contributed by atoms with van der Waals surface area (Å²) < 4.78 is 5.31. The van der Waals surface area contributed by atoms with Gasteiger partial charge >= 0.3 is 0 Å². The summed E-state index contributed by atoms with van der Waals surface area (Å²) >= 11 is 0. The SMILES string of the molecule is C=CCc1cc(C(=O)NCCCN2CCCCC2)ccc1OC. The molecule has 1 aromatic carbocycles. The molecule has 23 heavy (non-hydrogen) atoms. The number of piperidine rings is 1. The zero-order valence-corrected chi connectivity index (χ0v) is 14.1. The van der Waals surface area contributed by atoms with E-state index in [-0.39, 0.29) is 5.91 Å². The van der Waals surface area contributed by atoms with Crippen molar-refractivity contribution in [1.82, 2.24) is 10.2 Å². The molecule has 1 N–H and O–H groups in total. The summed E-state index contributed by atoms with van der Waals surface area (Å²) in [6, 6.07) is 5.55. The number of amides is 1. The van der Waals surface area contributed by atoms with Gasteiger partial charge in [-0.05, 0) is 69.1 Å². The lowest BCUT2D eigenvalue weighted by Gasteiger charge is -2.26. The van der Waals surface area contributed by atoms with Crippen molar-refractivity contribution in [2.75, 3.05) is 33.3 Å². The van der Waals surface area contributed by atoms with Crippen LogP contribution in [0.3, 0.4) is 0 Å². The lowest BCUT2D eigenvalue weighted by atomic mass is 10.1. The fourth-order valence-corrected chi connectivity index (χ4v) is 3.02. The van der Waals surface area contributed by atoms with Gasteiger partial charge in [0.1, 0.15) is 5.75 Å². The first-order chi connectivity index (χ1) is 11.2. The number of carbonyl (C=O) groups excluding carboxylic acids is 1. The molecule has 1 fully saturated rings. The van der Waals surface area contributed by atoms with Crippen LogP contribution in [0.2, 0.25) is 0 Å². The van der Waals surface area contributed by atoms with Crippen LogP contribution < -0.4 is 10.1 Å². The van der Waals surface area contributed by atoms with Crippen molar-refractivity contribution >= 4 is 5.91 Å². The first-order valence-corrected chi connectivity index (χ1v) is 8.53. The van der Waals surface area contributed by atoms with Crippen LogP contribution >= 0.6 is 0 Å². The van der Waals surface area contributed by atoms with Crippen molar-refractivity contribution in [1.29, 1.82) is 0 Å². The van der Waals surface area contributed by atoms with Crippen molar-refractivity contribution in [3.63, 3.8) is 0 Å². The van der Waals surface area contributed by atoms with Crippen LogP contribution in [-0.4, -0.2) is 44.1 Å². The molecular weight excluding hydrogens is 288 g/mol.